The van der Waals surface area contributed by atoms with Crippen LogP contribution in [-0.2, 0) is 9.59 Å². The van der Waals surface area contributed by atoms with Gasteiger partial charge in [0.25, 0.3) is 11.1 Å². The van der Waals surface area contributed by atoms with E-state index < -0.39 is 11.1 Å². The van der Waals surface area contributed by atoms with Gasteiger partial charge in [-0.05, 0) is 41.3 Å². The fourth-order valence-electron chi connectivity index (χ4n) is 2.37. The van der Waals surface area contributed by atoms with Gasteiger partial charge in [-0.3, -0.25) is 19.3 Å². The summed E-state index contributed by atoms with van der Waals surface area (Å²) < 4.78 is 0. The van der Waals surface area contributed by atoms with E-state index in [0.717, 1.165) is 35.1 Å². The molecule has 1 aromatic carbocycles. The van der Waals surface area contributed by atoms with Crippen LogP contribution in [-0.4, -0.2) is 35.0 Å². The normalized spacial score (nSPS) is 16.2. The zero-order valence-corrected chi connectivity index (χ0v) is 15.7. The molecule has 1 aliphatic heterocycles. The van der Waals surface area contributed by atoms with Crippen molar-refractivity contribution in [2.45, 2.75) is 39.5 Å². The number of thioether (sulfide) groups is 1. The molecular formula is C19H24N2O3S. The summed E-state index contributed by atoms with van der Waals surface area (Å²) in [4.78, 5) is 37.6. The van der Waals surface area contributed by atoms with Crippen LogP contribution in [0.1, 0.15) is 50.7 Å². The number of hydrogen-bond donors (Lipinski definition) is 1. The maximum atomic E-state index is 12.4. The molecule has 25 heavy (non-hydrogen) atoms. The van der Waals surface area contributed by atoms with Crippen molar-refractivity contribution in [3.05, 3.63) is 40.3 Å². The molecule has 1 aromatic rings. The first-order chi connectivity index (χ1) is 11.9. The van der Waals surface area contributed by atoms with Gasteiger partial charge in [-0.1, -0.05) is 51.5 Å². The van der Waals surface area contributed by atoms with E-state index in [1.807, 2.05) is 31.2 Å². The highest BCUT2D eigenvalue weighted by Gasteiger charge is 2.36. The second-order valence-electron chi connectivity index (χ2n) is 6.29. The lowest BCUT2D eigenvalue weighted by molar-refractivity contribution is -0.129. The molecule has 1 heterocycles. The second kappa shape index (κ2) is 8.85. The minimum atomic E-state index is -0.409. The fourth-order valence-corrected chi connectivity index (χ4v) is 3.21. The van der Waals surface area contributed by atoms with Crippen LogP contribution in [0.5, 0.6) is 0 Å². The number of carbonyl (C=O) groups is 3. The smallest absolute Gasteiger partial charge is 0.294 e. The van der Waals surface area contributed by atoms with E-state index in [-0.39, 0.29) is 12.5 Å². The molecule has 2 rings (SSSR count). The summed E-state index contributed by atoms with van der Waals surface area (Å²) in [5.74, 6) is -0.278. The van der Waals surface area contributed by atoms with Gasteiger partial charge in [0.15, 0.2) is 0 Å². The van der Waals surface area contributed by atoms with Gasteiger partial charge in [-0.2, -0.15) is 0 Å². The van der Waals surface area contributed by atoms with Crippen LogP contribution in [0.2, 0.25) is 0 Å². The van der Waals surface area contributed by atoms with E-state index in [1.165, 1.54) is 5.56 Å². The summed E-state index contributed by atoms with van der Waals surface area (Å²) in [6.45, 7) is 6.60. The molecule has 5 nitrogen and oxygen atoms in total. The zero-order valence-electron chi connectivity index (χ0n) is 14.9. The van der Waals surface area contributed by atoms with Crippen LogP contribution in [0.15, 0.2) is 29.2 Å². The number of rotatable bonds is 7. The molecule has 0 saturated carbocycles. The maximum absolute atomic E-state index is 12.4. The Morgan fingerprint density at radius 3 is 2.52 bits per heavy atom. The van der Waals surface area contributed by atoms with Gasteiger partial charge in [0.2, 0.25) is 5.91 Å². The van der Waals surface area contributed by atoms with Crippen molar-refractivity contribution in [1.29, 1.82) is 0 Å². The SMILES string of the molecule is CCCCNC(=O)CN1C(=O)S/C(=C\c2ccc(C(C)C)cc2)C1=O. The van der Waals surface area contributed by atoms with Crippen molar-refractivity contribution in [1.82, 2.24) is 10.2 Å². The summed E-state index contributed by atoms with van der Waals surface area (Å²) in [6.07, 6.45) is 3.55. The Bertz CT molecular complexity index is 680. The topological polar surface area (TPSA) is 66.5 Å². The average molecular weight is 360 g/mol. The third kappa shape index (κ3) is 5.19. The Kier molecular flexibility index (Phi) is 6.82. The molecule has 1 saturated heterocycles. The Morgan fingerprint density at radius 1 is 1.24 bits per heavy atom. The second-order valence-corrected chi connectivity index (χ2v) is 7.29. The third-order valence-electron chi connectivity index (χ3n) is 3.93. The molecule has 1 fully saturated rings. The largest absolute Gasteiger partial charge is 0.355 e. The number of hydrogen-bond acceptors (Lipinski definition) is 4. The number of benzene rings is 1. The lowest BCUT2D eigenvalue weighted by atomic mass is 10.0. The zero-order chi connectivity index (χ0) is 18.4. The van der Waals surface area contributed by atoms with E-state index >= 15 is 0 Å². The van der Waals surface area contributed by atoms with Gasteiger partial charge in [0.1, 0.15) is 6.54 Å². The number of amides is 3. The van der Waals surface area contributed by atoms with E-state index in [9.17, 15) is 14.4 Å². The predicted octanol–water partition coefficient (Wildman–Crippen LogP) is 3.76. The minimum absolute atomic E-state index is 0.224. The lowest BCUT2D eigenvalue weighted by Gasteiger charge is -2.12. The Morgan fingerprint density at radius 2 is 1.92 bits per heavy atom. The van der Waals surface area contributed by atoms with Gasteiger partial charge in [-0.25, -0.2) is 0 Å². The first-order valence-corrected chi connectivity index (χ1v) is 9.36. The summed E-state index contributed by atoms with van der Waals surface area (Å²) in [6, 6.07) is 7.89. The van der Waals surface area contributed by atoms with Gasteiger partial charge in [0, 0.05) is 6.54 Å². The van der Waals surface area contributed by atoms with E-state index in [2.05, 4.69) is 19.2 Å². The summed E-state index contributed by atoms with van der Waals surface area (Å²) in [5.41, 5.74) is 2.08. The quantitative estimate of drug-likeness (QED) is 0.594. The van der Waals surface area contributed by atoms with Crippen molar-refractivity contribution in [3.8, 4) is 0 Å². The van der Waals surface area contributed by atoms with Crippen LogP contribution in [0, 0.1) is 0 Å². The highest BCUT2D eigenvalue weighted by Crippen LogP contribution is 2.32. The van der Waals surface area contributed by atoms with Gasteiger partial charge in [-0.15, -0.1) is 0 Å². The molecule has 134 valence electrons. The molecule has 6 heteroatoms. The molecular weight excluding hydrogens is 336 g/mol. The molecule has 3 amide bonds. The van der Waals surface area contributed by atoms with Crippen molar-refractivity contribution < 1.29 is 14.4 Å². The molecule has 0 radical (unpaired) electrons. The minimum Gasteiger partial charge on any atom is -0.355 e. The van der Waals surface area contributed by atoms with E-state index in [1.54, 1.807) is 6.08 Å². The summed E-state index contributed by atoms with van der Waals surface area (Å²) in [7, 11) is 0. The van der Waals surface area contributed by atoms with Crippen molar-refractivity contribution in [3.63, 3.8) is 0 Å². The molecule has 0 bridgehead atoms. The first-order valence-electron chi connectivity index (χ1n) is 8.54. The average Bonchev–Trinajstić information content (AvgIpc) is 2.83. The van der Waals surface area contributed by atoms with Crippen LogP contribution in [0.4, 0.5) is 4.79 Å². The molecule has 1 N–H and O–H groups in total. The molecule has 0 atom stereocenters. The van der Waals surface area contributed by atoms with Crippen molar-refractivity contribution in [2.24, 2.45) is 0 Å². The highest BCUT2D eigenvalue weighted by molar-refractivity contribution is 8.18. The van der Waals surface area contributed by atoms with Gasteiger partial charge < -0.3 is 5.32 Å². The van der Waals surface area contributed by atoms with Crippen LogP contribution >= 0.6 is 11.8 Å². The fraction of sp³-hybridized carbons (Fsp3) is 0.421. The molecule has 0 spiro atoms. The molecule has 0 unspecified atom stereocenters. The van der Waals surface area contributed by atoms with E-state index in [0.29, 0.717) is 17.4 Å². The highest BCUT2D eigenvalue weighted by atomic mass is 32.2. The summed E-state index contributed by atoms with van der Waals surface area (Å²) in [5, 5.41) is 2.32. The molecule has 0 aliphatic carbocycles. The number of imide groups is 1. The first kappa shape index (κ1) is 19.2. The van der Waals surface area contributed by atoms with Crippen molar-refractivity contribution >= 4 is 34.9 Å². The number of nitrogens with one attached hydrogen (secondary N) is 1. The van der Waals surface area contributed by atoms with Gasteiger partial charge >= 0.3 is 0 Å². The number of unbranched alkanes of at least 4 members (excludes halogenated alkanes) is 1. The lowest BCUT2D eigenvalue weighted by Crippen LogP contribution is -2.39. The number of nitrogens with zero attached hydrogens (tertiary/aromatic N) is 1. The summed E-state index contributed by atoms with van der Waals surface area (Å²) >= 11 is 0.876. The van der Waals surface area contributed by atoms with Crippen LogP contribution in [0.3, 0.4) is 0 Å². The maximum Gasteiger partial charge on any atom is 0.294 e. The van der Waals surface area contributed by atoms with Crippen LogP contribution in [0.25, 0.3) is 6.08 Å². The molecule has 1 aliphatic rings. The third-order valence-corrected chi connectivity index (χ3v) is 4.84. The Balaban J connectivity index is 2.03. The molecule has 0 aromatic heterocycles. The predicted molar refractivity (Wildman–Crippen MR) is 101 cm³/mol. The van der Waals surface area contributed by atoms with E-state index in [4.69, 9.17) is 0 Å². The Hall–Kier alpha value is -2.08. The Labute approximate surface area is 152 Å². The standard InChI is InChI=1S/C19H24N2O3S/c1-4-5-10-20-17(22)12-21-18(23)16(25-19(21)24)11-14-6-8-15(9-7-14)13(2)3/h6-9,11,13H,4-5,10,12H2,1-3H3,(H,20,22)/b16-11-. The van der Waals surface area contributed by atoms with Gasteiger partial charge in [0.05, 0.1) is 4.91 Å². The van der Waals surface area contributed by atoms with Crippen LogP contribution < -0.4 is 5.32 Å². The monoisotopic (exact) mass is 360 g/mol. The van der Waals surface area contributed by atoms with Crippen molar-refractivity contribution in [2.75, 3.05) is 13.1 Å². The number of carbonyl (C=O) groups excluding carboxylic acids is 3.